The maximum Gasteiger partial charge on any atom is 0.237 e. The summed E-state index contributed by atoms with van der Waals surface area (Å²) in [5, 5.41) is 8.40. The number of nitrogens with zero attached hydrogens (tertiary/aromatic N) is 4. The molecule has 1 aromatic heterocycles. The van der Waals surface area contributed by atoms with Gasteiger partial charge in [0.25, 0.3) is 0 Å². The molecule has 1 aromatic rings. The highest BCUT2D eigenvalue weighted by Gasteiger charge is 2.26. The van der Waals surface area contributed by atoms with E-state index in [0.717, 1.165) is 0 Å². The summed E-state index contributed by atoms with van der Waals surface area (Å²) in [5.41, 5.74) is 1.32. The summed E-state index contributed by atoms with van der Waals surface area (Å²) in [6.07, 6.45) is 0. The van der Waals surface area contributed by atoms with Crippen molar-refractivity contribution in [2.24, 2.45) is 21.8 Å². The summed E-state index contributed by atoms with van der Waals surface area (Å²) in [7, 11) is 0. The van der Waals surface area contributed by atoms with Gasteiger partial charge < -0.3 is 9.47 Å². The average molecular weight is 302 g/mol. The lowest BCUT2D eigenvalue weighted by molar-refractivity contribution is 0.290. The van der Waals surface area contributed by atoms with E-state index in [9.17, 15) is 0 Å². The molecule has 3 rings (SSSR count). The first-order chi connectivity index (χ1) is 10.5. The number of aromatic nitrogens is 2. The molecule has 0 saturated carbocycles. The van der Waals surface area contributed by atoms with E-state index in [2.05, 4.69) is 47.9 Å². The molecular weight excluding hydrogens is 280 g/mol. The first kappa shape index (κ1) is 14.9. The molecule has 0 unspecified atom stereocenters. The standard InChI is InChI=1S/C16H22N4O2/c1-9(2)13-7-21-15(17-13)11-5-6-12(20-19-11)16-18-14(8-22-16)10(3)4/h5-6,9-10,13-14H,7-8H2,1-4H3/t13-,14-/m1/s1. The lowest BCUT2D eigenvalue weighted by Crippen LogP contribution is -2.13. The van der Waals surface area contributed by atoms with E-state index in [1.165, 1.54) is 0 Å². The van der Waals surface area contributed by atoms with E-state index in [0.29, 0.717) is 48.2 Å². The van der Waals surface area contributed by atoms with Crippen LogP contribution in [0.3, 0.4) is 0 Å². The first-order valence-corrected chi connectivity index (χ1v) is 7.80. The third-order valence-corrected chi connectivity index (χ3v) is 3.99. The maximum atomic E-state index is 5.61. The Labute approximate surface area is 130 Å². The van der Waals surface area contributed by atoms with Gasteiger partial charge in [-0.05, 0) is 24.0 Å². The monoisotopic (exact) mass is 302 g/mol. The van der Waals surface area contributed by atoms with Crippen LogP contribution in [-0.4, -0.2) is 47.3 Å². The van der Waals surface area contributed by atoms with Crippen LogP contribution in [-0.2, 0) is 9.47 Å². The Kier molecular flexibility index (Phi) is 4.09. The van der Waals surface area contributed by atoms with Gasteiger partial charge in [-0.15, -0.1) is 10.2 Å². The molecule has 2 atom stereocenters. The summed E-state index contributed by atoms with van der Waals surface area (Å²) in [6, 6.07) is 4.12. The molecule has 2 aliphatic rings. The lowest BCUT2D eigenvalue weighted by Gasteiger charge is -2.06. The van der Waals surface area contributed by atoms with Crippen molar-refractivity contribution in [2.75, 3.05) is 13.2 Å². The Morgan fingerprint density at radius 2 is 1.23 bits per heavy atom. The minimum Gasteiger partial charge on any atom is -0.474 e. The van der Waals surface area contributed by atoms with Crippen LogP contribution < -0.4 is 0 Å². The molecule has 6 nitrogen and oxygen atoms in total. The van der Waals surface area contributed by atoms with Gasteiger partial charge in [0.1, 0.15) is 24.6 Å². The second kappa shape index (κ2) is 6.02. The normalized spacial score (nSPS) is 24.3. The lowest BCUT2D eigenvalue weighted by atomic mass is 10.1. The molecule has 0 radical (unpaired) electrons. The van der Waals surface area contributed by atoms with E-state index in [1.54, 1.807) is 0 Å². The molecule has 0 aliphatic carbocycles. The van der Waals surface area contributed by atoms with Crippen molar-refractivity contribution < 1.29 is 9.47 Å². The van der Waals surface area contributed by atoms with Gasteiger partial charge in [-0.25, -0.2) is 9.98 Å². The predicted octanol–water partition coefficient (Wildman–Crippen LogP) is 2.08. The van der Waals surface area contributed by atoms with Gasteiger partial charge in [0, 0.05) is 0 Å². The Balaban J connectivity index is 1.74. The van der Waals surface area contributed by atoms with Crippen LogP contribution >= 0.6 is 0 Å². The number of ether oxygens (including phenoxy) is 2. The summed E-state index contributed by atoms with van der Waals surface area (Å²) in [6.45, 7) is 9.77. The summed E-state index contributed by atoms with van der Waals surface area (Å²) >= 11 is 0. The third kappa shape index (κ3) is 2.96. The van der Waals surface area contributed by atoms with Gasteiger partial charge in [0.2, 0.25) is 11.8 Å². The molecule has 6 heteroatoms. The molecule has 0 fully saturated rings. The number of hydrogen-bond acceptors (Lipinski definition) is 6. The molecule has 0 bridgehead atoms. The molecule has 118 valence electrons. The fraction of sp³-hybridized carbons (Fsp3) is 0.625. The third-order valence-electron chi connectivity index (χ3n) is 3.99. The highest BCUT2D eigenvalue weighted by atomic mass is 16.5. The topological polar surface area (TPSA) is 69.0 Å². The van der Waals surface area contributed by atoms with Crippen LogP contribution in [0.5, 0.6) is 0 Å². The Bertz CT molecular complexity index is 540. The molecule has 22 heavy (non-hydrogen) atoms. The van der Waals surface area contributed by atoms with Crippen LogP contribution in [0.4, 0.5) is 0 Å². The fourth-order valence-electron chi connectivity index (χ4n) is 2.30. The molecule has 0 spiro atoms. The van der Waals surface area contributed by atoms with Crippen molar-refractivity contribution in [2.45, 2.75) is 39.8 Å². The number of aliphatic imine (C=N–C) groups is 2. The largest absolute Gasteiger partial charge is 0.474 e. The van der Waals surface area contributed by atoms with Crippen LogP contribution in [0.1, 0.15) is 39.1 Å². The van der Waals surface area contributed by atoms with Crippen molar-refractivity contribution in [1.82, 2.24) is 10.2 Å². The highest BCUT2D eigenvalue weighted by molar-refractivity contribution is 5.95. The average Bonchev–Trinajstić information content (AvgIpc) is 3.17. The van der Waals surface area contributed by atoms with Crippen LogP contribution in [0, 0.1) is 11.8 Å². The van der Waals surface area contributed by atoms with Crippen molar-refractivity contribution in [3.05, 3.63) is 23.5 Å². The smallest absolute Gasteiger partial charge is 0.237 e. The maximum absolute atomic E-state index is 5.61. The van der Waals surface area contributed by atoms with E-state index in [-0.39, 0.29) is 12.1 Å². The van der Waals surface area contributed by atoms with E-state index in [1.807, 2.05) is 12.1 Å². The second-order valence-electron chi connectivity index (χ2n) is 6.42. The highest BCUT2D eigenvalue weighted by Crippen LogP contribution is 2.18. The van der Waals surface area contributed by atoms with Crippen LogP contribution in [0.25, 0.3) is 0 Å². The first-order valence-electron chi connectivity index (χ1n) is 7.80. The minimum absolute atomic E-state index is 0.200. The van der Waals surface area contributed by atoms with Gasteiger partial charge in [-0.1, -0.05) is 27.7 Å². The molecule has 0 N–H and O–H groups in total. The number of rotatable bonds is 4. The van der Waals surface area contributed by atoms with Crippen LogP contribution in [0.2, 0.25) is 0 Å². The van der Waals surface area contributed by atoms with E-state index in [4.69, 9.17) is 9.47 Å². The van der Waals surface area contributed by atoms with Crippen molar-refractivity contribution in [3.8, 4) is 0 Å². The van der Waals surface area contributed by atoms with Crippen molar-refractivity contribution >= 4 is 11.8 Å². The van der Waals surface area contributed by atoms with Crippen molar-refractivity contribution in [3.63, 3.8) is 0 Å². The Morgan fingerprint density at radius 3 is 1.50 bits per heavy atom. The predicted molar refractivity (Wildman–Crippen MR) is 84.3 cm³/mol. The summed E-state index contributed by atoms with van der Waals surface area (Å²) < 4.78 is 11.2. The Hall–Kier alpha value is -1.98. The Morgan fingerprint density at radius 1 is 0.818 bits per heavy atom. The fourth-order valence-corrected chi connectivity index (χ4v) is 2.30. The molecule has 3 heterocycles. The molecule has 0 aromatic carbocycles. The quantitative estimate of drug-likeness (QED) is 0.854. The van der Waals surface area contributed by atoms with Gasteiger partial charge in [0.05, 0.1) is 12.1 Å². The molecule has 0 amide bonds. The van der Waals surface area contributed by atoms with Crippen LogP contribution in [0.15, 0.2) is 22.1 Å². The summed E-state index contributed by atoms with van der Waals surface area (Å²) in [5.74, 6) is 2.07. The molecular formula is C16H22N4O2. The van der Waals surface area contributed by atoms with E-state index < -0.39 is 0 Å². The van der Waals surface area contributed by atoms with Crippen molar-refractivity contribution in [1.29, 1.82) is 0 Å². The summed E-state index contributed by atoms with van der Waals surface area (Å²) in [4.78, 5) is 9.10. The molecule has 2 aliphatic heterocycles. The SMILES string of the molecule is CC(C)[C@H]1COC(c2ccc(C3=N[C@@H](C(C)C)CO3)nn2)=N1. The van der Waals surface area contributed by atoms with E-state index >= 15 is 0 Å². The number of hydrogen-bond donors (Lipinski definition) is 0. The zero-order valence-corrected chi connectivity index (χ0v) is 13.5. The zero-order valence-electron chi connectivity index (χ0n) is 13.5. The van der Waals surface area contributed by atoms with Gasteiger partial charge >= 0.3 is 0 Å². The zero-order chi connectivity index (χ0) is 15.7. The minimum atomic E-state index is 0.200. The van der Waals surface area contributed by atoms with Gasteiger partial charge in [0.15, 0.2) is 0 Å². The second-order valence-corrected chi connectivity index (χ2v) is 6.42. The molecule has 0 saturated heterocycles. The van der Waals surface area contributed by atoms with Gasteiger partial charge in [-0.3, -0.25) is 0 Å². The van der Waals surface area contributed by atoms with Gasteiger partial charge in [-0.2, -0.15) is 0 Å².